The number of anilines is 1. The van der Waals surface area contributed by atoms with Gasteiger partial charge in [-0.1, -0.05) is 6.92 Å². The summed E-state index contributed by atoms with van der Waals surface area (Å²) in [4.78, 5) is 9.93. The number of hydrogen-bond acceptors (Lipinski definition) is 6. The molecular formula is C12H18N4O4S. The van der Waals surface area contributed by atoms with Crippen LogP contribution in [0, 0.1) is 16.0 Å². The highest BCUT2D eigenvalue weighted by Crippen LogP contribution is 2.30. The van der Waals surface area contributed by atoms with E-state index in [0.717, 1.165) is 25.3 Å². The predicted molar refractivity (Wildman–Crippen MR) is 78.0 cm³/mol. The van der Waals surface area contributed by atoms with Crippen LogP contribution in [0.1, 0.15) is 26.2 Å². The van der Waals surface area contributed by atoms with Crippen LogP contribution in [0.3, 0.4) is 0 Å². The Labute approximate surface area is 122 Å². The molecule has 0 bridgehead atoms. The number of nitrogens with zero attached hydrogens (tertiary/aromatic N) is 1. The Balaban J connectivity index is 2.36. The van der Waals surface area contributed by atoms with Gasteiger partial charge in [-0.3, -0.25) is 16.0 Å². The average molecular weight is 314 g/mol. The van der Waals surface area contributed by atoms with Gasteiger partial charge in [0.25, 0.3) is 5.69 Å². The monoisotopic (exact) mass is 314 g/mol. The molecule has 2 unspecified atom stereocenters. The van der Waals surface area contributed by atoms with Gasteiger partial charge >= 0.3 is 0 Å². The van der Waals surface area contributed by atoms with Gasteiger partial charge in [0.15, 0.2) is 4.90 Å². The first-order chi connectivity index (χ1) is 9.83. The second-order valence-electron chi connectivity index (χ2n) is 5.32. The first-order valence-electron chi connectivity index (χ1n) is 6.61. The molecule has 2 atom stereocenters. The highest BCUT2D eigenvalue weighted by Gasteiger charge is 2.31. The summed E-state index contributed by atoms with van der Waals surface area (Å²) in [6.45, 7) is 2.05. The molecule has 1 aromatic carbocycles. The van der Waals surface area contributed by atoms with E-state index in [2.05, 4.69) is 17.1 Å². The molecule has 0 radical (unpaired) electrons. The highest BCUT2D eigenvalue weighted by molar-refractivity contribution is 7.89. The molecular weight excluding hydrogens is 296 g/mol. The SMILES string of the molecule is CC1CCC(NS(=O)(=O)c2cc(NN)ccc2[N+](=O)[O-])C1. The first kappa shape index (κ1) is 15.7. The summed E-state index contributed by atoms with van der Waals surface area (Å²) in [6, 6.07) is 3.47. The van der Waals surface area contributed by atoms with Gasteiger partial charge in [0.1, 0.15) is 0 Å². The van der Waals surface area contributed by atoms with Gasteiger partial charge in [-0.15, -0.1) is 0 Å². The molecule has 21 heavy (non-hydrogen) atoms. The minimum atomic E-state index is -3.96. The fourth-order valence-corrected chi connectivity index (χ4v) is 4.05. The summed E-state index contributed by atoms with van der Waals surface area (Å²) in [5.74, 6) is 5.68. The molecule has 1 aromatic rings. The molecule has 1 saturated carbocycles. The lowest BCUT2D eigenvalue weighted by atomic mass is 10.1. The summed E-state index contributed by atoms with van der Waals surface area (Å²) < 4.78 is 27.4. The first-order valence-corrected chi connectivity index (χ1v) is 8.09. The maximum atomic E-state index is 12.4. The quantitative estimate of drug-likeness (QED) is 0.427. The largest absolute Gasteiger partial charge is 0.324 e. The van der Waals surface area contributed by atoms with E-state index < -0.39 is 20.6 Å². The number of nitro benzene ring substituents is 1. The number of rotatable bonds is 5. The fourth-order valence-electron chi connectivity index (χ4n) is 2.57. The van der Waals surface area contributed by atoms with E-state index in [-0.39, 0.29) is 10.9 Å². The second-order valence-corrected chi connectivity index (χ2v) is 7.00. The molecule has 1 aliphatic rings. The molecule has 4 N–H and O–H groups in total. The van der Waals surface area contributed by atoms with Crippen molar-refractivity contribution in [2.75, 3.05) is 5.43 Å². The Morgan fingerprint density at radius 2 is 2.10 bits per heavy atom. The van der Waals surface area contributed by atoms with E-state index in [0.29, 0.717) is 11.6 Å². The zero-order valence-corrected chi connectivity index (χ0v) is 12.4. The molecule has 1 aliphatic carbocycles. The number of hydrogen-bond donors (Lipinski definition) is 3. The summed E-state index contributed by atoms with van der Waals surface area (Å²) in [7, 11) is -3.96. The molecule has 0 saturated heterocycles. The van der Waals surface area contributed by atoms with Crippen molar-refractivity contribution in [2.45, 2.75) is 37.1 Å². The number of nitrogens with one attached hydrogen (secondary N) is 2. The Morgan fingerprint density at radius 1 is 1.38 bits per heavy atom. The number of nitro groups is 1. The van der Waals surface area contributed by atoms with Crippen molar-refractivity contribution >= 4 is 21.4 Å². The van der Waals surface area contributed by atoms with Crippen molar-refractivity contribution in [3.63, 3.8) is 0 Å². The molecule has 9 heteroatoms. The van der Waals surface area contributed by atoms with E-state index >= 15 is 0 Å². The molecule has 0 amide bonds. The Bertz CT molecular complexity index is 647. The van der Waals surface area contributed by atoms with Crippen molar-refractivity contribution in [3.05, 3.63) is 28.3 Å². The van der Waals surface area contributed by atoms with E-state index in [1.165, 1.54) is 12.1 Å². The van der Waals surface area contributed by atoms with Crippen molar-refractivity contribution in [1.29, 1.82) is 0 Å². The summed E-state index contributed by atoms with van der Waals surface area (Å²) >= 11 is 0. The van der Waals surface area contributed by atoms with Gasteiger partial charge in [-0.25, -0.2) is 13.1 Å². The summed E-state index contributed by atoms with van der Waals surface area (Å²) in [5, 5.41) is 11.0. The number of sulfonamides is 1. The number of nitrogen functional groups attached to an aromatic ring is 1. The Kier molecular flexibility index (Phi) is 4.45. The minimum absolute atomic E-state index is 0.181. The van der Waals surface area contributed by atoms with E-state index in [1.54, 1.807) is 0 Å². The van der Waals surface area contributed by atoms with Gasteiger partial charge in [0.2, 0.25) is 10.0 Å². The van der Waals surface area contributed by atoms with Crippen LogP contribution in [-0.4, -0.2) is 19.4 Å². The highest BCUT2D eigenvalue weighted by atomic mass is 32.2. The fraction of sp³-hybridized carbons (Fsp3) is 0.500. The van der Waals surface area contributed by atoms with Crippen LogP contribution in [0.4, 0.5) is 11.4 Å². The second kappa shape index (κ2) is 5.96. The molecule has 0 aliphatic heterocycles. The van der Waals surface area contributed by atoms with Crippen LogP contribution in [0.15, 0.2) is 23.1 Å². The topological polar surface area (TPSA) is 127 Å². The lowest BCUT2D eigenvalue weighted by Gasteiger charge is -2.13. The maximum absolute atomic E-state index is 12.4. The lowest BCUT2D eigenvalue weighted by molar-refractivity contribution is -0.387. The van der Waals surface area contributed by atoms with Crippen LogP contribution in [0.2, 0.25) is 0 Å². The molecule has 2 rings (SSSR count). The zero-order chi connectivity index (χ0) is 15.6. The van der Waals surface area contributed by atoms with Crippen LogP contribution in [0.5, 0.6) is 0 Å². The molecule has 1 fully saturated rings. The van der Waals surface area contributed by atoms with Gasteiger partial charge in [0, 0.05) is 12.1 Å². The smallest absolute Gasteiger partial charge is 0.289 e. The van der Waals surface area contributed by atoms with Gasteiger partial charge in [-0.2, -0.15) is 0 Å². The maximum Gasteiger partial charge on any atom is 0.289 e. The van der Waals surface area contributed by atoms with Crippen LogP contribution < -0.4 is 16.0 Å². The standard InChI is InChI=1S/C12H18N4O4S/c1-8-2-3-10(6-8)15-21(19,20)12-7-9(14-13)4-5-11(12)16(17)18/h4-5,7-8,10,14-15H,2-3,6,13H2,1H3. The third-order valence-electron chi connectivity index (χ3n) is 3.63. The Morgan fingerprint density at radius 3 is 2.62 bits per heavy atom. The predicted octanol–water partition coefficient (Wildman–Crippen LogP) is 1.35. The Hall–Kier alpha value is -1.71. The zero-order valence-electron chi connectivity index (χ0n) is 11.6. The third kappa shape index (κ3) is 3.49. The van der Waals surface area contributed by atoms with Crippen molar-refractivity contribution < 1.29 is 13.3 Å². The van der Waals surface area contributed by atoms with Gasteiger partial charge < -0.3 is 5.43 Å². The molecule has 116 valence electrons. The van der Waals surface area contributed by atoms with Crippen molar-refractivity contribution in [1.82, 2.24) is 4.72 Å². The van der Waals surface area contributed by atoms with Gasteiger partial charge in [-0.05, 0) is 37.3 Å². The third-order valence-corrected chi connectivity index (χ3v) is 5.18. The van der Waals surface area contributed by atoms with Crippen LogP contribution in [-0.2, 0) is 10.0 Å². The minimum Gasteiger partial charge on any atom is -0.324 e. The summed E-state index contributed by atoms with van der Waals surface area (Å²) in [5.41, 5.74) is 2.12. The van der Waals surface area contributed by atoms with E-state index in [9.17, 15) is 18.5 Å². The molecule has 8 nitrogen and oxygen atoms in total. The van der Waals surface area contributed by atoms with Crippen LogP contribution in [0.25, 0.3) is 0 Å². The number of nitrogens with two attached hydrogens (primary N) is 1. The van der Waals surface area contributed by atoms with Crippen molar-refractivity contribution in [2.24, 2.45) is 11.8 Å². The van der Waals surface area contributed by atoms with E-state index in [4.69, 9.17) is 5.84 Å². The molecule has 0 aromatic heterocycles. The lowest BCUT2D eigenvalue weighted by Crippen LogP contribution is -2.33. The number of hydrazine groups is 1. The average Bonchev–Trinajstić information content (AvgIpc) is 2.82. The summed E-state index contributed by atoms with van der Waals surface area (Å²) in [6.07, 6.45) is 2.42. The van der Waals surface area contributed by atoms with Gasteiger partial charge in [0.05, 0.1) is 10.6 Å². The molecule has 0 heterocycles. The molecule has 0 spiro atoms. The van der Waals surface area contributed by atoms with Crippen molar-refractivity contribution in [3.8, 4) is 0 Å². The number of benzene rings is 1. The van der Waals surface area contributed by atoms with E-state index in [1.807, 2.05) is 0 Å². The normalized spacial score (nSPS) is 22.2. The van der Waals surface area contributed by atoms with Crippen LogP contribution >= 0.6 is 0 Å².